The number of thioether (sulfide) groups is 1. The average Bonchev–Trinajstić information content (AvgIpc) is 2.97. The SMILES string of the molecule is COc1ccccc1NC(=O)CCCN1C(=O)/C(=C\c2ccc(Br)cc2)SC1=S. The van der Waals surface area contributed by atoms with E-state index in [4.69, 9.17) is 17.0 Å². The summed E-state index contributed by atoms with van der Waals surface area (Å²) < 4.78 is 6.73. The molecule has 1 aliphatic rings. The smallest absolute Gasteiger partial charge is 0.266 e. The Morgan fingerprint density at radius 3 is 2.69 bits per heavy atom. The summed E-state index contributed by atoms with van der Waals surface area (Å²) in [6.07, 6.45) is 2.62. The Hall–Kier alpha value is -2.16. The third-order valence-corrected chi connectivity index (χ3v) is 6.11. The number of anilines is 1. The Morgan fingerprint density at radius 2 is 1.97 bits per heavy atom. The van der Waals surface area contributed by atoms with E-state index in [2.05, 4.69) is 21.2 Å². The number of nitrogens with zero attached hydrogens (tertiary/aromatic N) is 1. The molecule has 0 radical (unpaired) electrons. The molecule has 29 heavy (non-hydrogen) atoms. The summed E-state index contributed by atoms with van der Waals surface area (Å²) >= 11 is 10.0. The number of hydrogen-bond donors (Lipinski definition) is 1. The fourth-order valence-electron chi connectivity index (χ4n) is 2.76. The summed E-state index contributed by atoms with van der Waals surface area (Å²) in [7, 11) is 1.56. The van der Waals surface area contributed by atoms with E-state index in [1.165, 1.54) is 11.8 Å². The van der Waals surface area contributed by atoms with Crippen LogP contribution in [0.5, 0.6) is 5.75 Å². The van der Waals surface area contributed by atoms with E-state index in [0.717, 1.165) is 10.0 Å². The second kappa shape index (κ2) is 10.0. The zero-order chi connectivity index (χ0) is 20.8. The summed E-state index contributed by atoms with van der Waals surface area (Å²) in [4.78, 5) is 27.0. The molecule has 1 fully saturated rings. The predicted molar refractivity (Wildman–Crippen MR) is 125 cm³/mol. The topological polar surface area (TPSA) is 58.6 Å². The van der Waals surface area contributed by atoms with Gasteiger partial charge in [-0.15, -0.1) is 0 Å². The van der Waals surface area contributed by atoms with Crippen molar-refractivity contribution in [2.24, 2.45) is 0 Å². The molecule has 0 unspecified atom stereocenters. The van der Waals surface area contributed by atoms with Gasteiger partial charge in [-0.3, -0.25) is 14.5 Å². The molecule has 1 N–H and O–H groups in total. The third kappa shape index (κ3) is 5.68. The second-order valence-electron chi connectivity index (χ2n) is 6.24. The van der Waals surface area contributed by atoms with E-state index in [-0.39, 0.29) is 18.2 Å². The zero-order valence-electron chi connectivity index (χ0n) is 15.7. The van der Waals surface area contributed by atoms with Crippen LogP contribution in [0.2, 0.25) is 0 Å². The van der Waals surface area contributed by atoms with Crippen molar-refractivity contribution in [1.29, 1.82) is 0 Å². The molecule has 0 bridgehead atoms. The van der Waals surface area contributed by atoms with Gasteiger partial charge in [0.2, 0.25) is 5.91 Å². The molecule has 0 saturated carbocycles. The number of rotatable bonds is 7. The largest absolute Gasteiger partial charge is 0.495 e. The quantitative estimate of drug-likeness (QED) is 0.433. The lowest BCUT2D eigenvalue weighted by Crippen LogP contribution is -2.29. The van der Waals surface area contributed by atoms with Crippen LogP contribution in [0, 0.1) is 0 Å². The van der Waals surface area contributed by atoms with E-state index in [1.807, 2.05) is 42.5 Å². The molecule has 0 spiro atoms. The number of carbonyl (C=O) groups is 2. The highest BCUT2D eigenvalue weighted by molar-refractivity contribution is 9.10. The van der Waals surface area contributed by atoms with E-state index in [1.54, 1.807) is 24.1 Å². The van der Waals surface area contributed by atoms with Gasteiger partial charge in [0.1, 0.15) is 10.1 Å². The minimum atomic E-state index is -0.134. The van der Waals surface area contributed by atoms with Crippen LogP contribution in [0.4, 0.5) is 5.69 Å². The molecule has 1 heterocycles. The molecule has 2 amide bonds. The van der Waals surface area contributed by atoms with Crippen LogP contribution in [0.3, 0.4) is 0 Å². The lowest BCUT2D eigenvalue weighted by atomic mass is 10.2. The predicted octanol–water partition coefficient (Wildman–Crippen LogP) is 5.08. The summed E-state index contributed by atoms with van der Waals surface area (Å²) in [6.45, 7) is 0.404. The van der Waals surface area contributed by atoms with Crippen LogP contribution in [0.1, 0.15) is 18.4 Å². The Kier molecular flexibility index (Phi) is 7.46. The number of benzene rings is 2. The number of hydrogen-bond acceptors (Lipinski definition) is 5. The normalized spacial score (nSPS) is 15.1. The minimum Gasteiger partial charge on any atom is -0.495 e. The monoisotopic (exact) mass is 490 g/mol. The Morgan fingerprint density at radius 1 is 1.24 bits per heavy atom. The van der Waals surface area contributed by atoms with Crippen molar-refractivity contribution in [3.63, 3.8) is 0 Å². The number of ether oxygens (including phenoxy) is 1. The summed E-state index contributed by atoms with van der Waals surface area (Å²) in [5.41, 5.74) is 1.56. The Balaban J connectivity index is 1.54. The fourth-order valence-corrected chi connectivity index (χ4v) is 4.33. The molecule has 150 valence electrons. The van der Waals surface area contributed by atoms with Crippen molar-refractivity contribution in [3.05, 3.63) is 63.5 Å². The standard InChI is InChI=1S/C21H19BrN2O3S2/c1-27-17-6-3-2-5-16(17)23-19(25)7-4-12-24-20(26)18(29-21(24)28)13-14-8-10-15(22)11-9-14/h2-3,5-6,8-11,13H,4,7,12H2,1H3,(H,23,25)/b18-13+. The van der Waals surface area contributed by atoms with Gasteiger partial charge in [-0.1, -0.05) is 64.2 Å². The Labute approximate surface area is 187 Å². The zero-order valence-corrected chi connectivity index (χ0v) is 18.9. The van der Waals surface area contributed by atoms with Gasteiger partial charge in [0.05, 0.1) is 17.7 Å². The van der Waals surface area contributed by atoms with E-state index in [9.17, 15) is 9.59 Å². The van der Waals surface area contributed by atoms with Gasteiger partial charge in [0, 0.05) is 17.4 Å². The molecule has 1 aliphatic heterocycles. The van der Waals surface area contributed by atoms with Gasteiger partial charge in [-0.25, -0.2) is 0 Å². The Bertz CT molecular complexity index is 961. The maximum Gasteiger partial charge on any atom is 0.266 e. The van der Waals surface area contributed by atoms with Crippen LogP contribution in [0.15, 0.2) is 57.9 Å². The van der Waals surface area contributed by atoms with Gasteiger partial charge in [-0.05, 0) is 42.3 Å². The van der Waals surface area contributed by atoms with Crippen molar-refractivity contribution >= 4 is 67.8 Å². The first kappa shape index (κ1) is 21.5. The first-order valence-electron chi connectivity index (χ1n) is 8.92. The van der Waals surface area contributed by atoms with Crippen LogP contribution in [0.25, 0.3) is 6.08 Å². The number of amides is 2. The van der Waals surface area contributed by atoms with Crippen molar-refractivity contribution in [2.75, 3.05) is 19.0 Å². The van der Waals surface area contributed by atoms with Crippen molar-refractivity contribution in [1.82, 2.24) is 4.90 Å². The average molecular weight is 491 g/mol. The molecule has 0 aromatic heterocycles. The number of carbonyl (C=O) groups excluding carboxylic acids is 2. The first-order valence-corrected chi connectivity index (χ1v) is 10.9. The number of methoxy groups -OCH3 is 1. The van der Waals surface area contributed by atoms with Crippen LogP contribution < -0.4 is 10.1 Å². The fraction of sp³-hybridized carbons (Fsp3) is 0.190. The molecular formula is C21H19BrN2O3S2. The van der Waals surface area contributed by atoms with Crippen molar-refractivity contribution in [3.8, 4) is 5.75 Å². The lowest BCUT2D eigenvalue weighted by Gasteiger charge is -2.14. The number of nitrogens with one attached hydrogen (secondary N) is 1. The highest BCUT2D eigenvalue weighted by atomic mass is 79.9. The molecular weight excluding hydrogens is 472 g/mol. The van der Waals surface area contributed by atoms with Gasteiger partial charge in [0.15, 0.2) is 0 Å². The van der Waals surface area contributed by atoms with Crippen LogP contribution in [-0.4, -0.2) is 34.7 Å². The molecule has 5 nitrogen and oxygen atoms in total. The maximum absolute atomic E-state index is 12.7. The number of para-hydroxylation sites is 2. The number of halogens is 1. The molecule has 0 aliphatic carbocycles. The molecule has 8 heteroatoms. The molecule has 2 aromatic carbocycles. The molecule has 0 atom stereocenters. The maximum atomic E-state index is 12.7. The number of thiocarbonyl (C=S) groups is 1. The van der Waals surface area contributed by atoms with E-state index in [0.29, 0.717) is 33.6 Å². The minimum absolute atomic E-state index is 0.118. The summed E-state index contributed by atoms with van der Waals surface area (Å²) in [5, 5.41) is 2.83. The summed E-state index contributed by atoms with van der Waals surface area (Å²) in [5.74, 6) is 0.356. The molecule has 2 aromatic rings. The van der Waals surface area contributed by atoms with Crippen molar-refractivity contribution < 1.29 is 14.3 Å². The van der Waals surface area contributed by atoms with Crippen molar-refractivity contribution in [2.45, 2.75) is 12.8 Å². The van der Waals surface area contributed by atoms with Gasteiger partial charge in [-0.2, -0.15) is 0 Å². The summed E-state index contributed by atoms with van der Waals surface area (Å²) in [6, 6.07) is 14.9. The van der Waals surface area contributed by atoms with Gasteiger partial charge < -0.3 is 10.1 Å². The van der Waals surface area contributed by atoms with E-state index < -0.39 is 0 Å². The molecule has 1 saturated heterocycles. The third-order valence-electron chi connectivity index (χ3n) is 4.21. The van der Waals surface area contributed by atoms with Crippen LogP contribution in [-0.2, 0) is 9.59 Å². The second-order valence-corrected chi connectivity index (χ2v) is 8.83. The first-order chi connectivity index (χ1) is 14.0. The highest BCUT2D eigenvalue weighted by Gasteiger charge is 2.31. The van der Waals surface area contributed by atoms with E-state index >= 15 is 0 Å². The lowest BCUT2D eigenvalue weighted by molar-refractivity contribution is -0.122. The molecule has 3 rings (SSSR count). The highest BCUT2D eigenvalue weighted by Crippen LogP contribution is 2.33. The van der Waals surface area contributed by atoms with Crippen LogP contribution >= 0.6 is 39.9 Å². The van der Waals surface area contributed by atoms with Gasteiger partial charge >= 0.3 is 0 Å². The van der Waals surface area contributed by atoms with Gasteiger partial charge in [0.25, 0.3) is 5.91 Å².